The van der Waals surface area contributed by atoms with Gasteiger partial charge in [0.25, 0.3) is 0 Å². The molecule has 0 atom stereocenters. The molecule has 4 nitrogen and oxygen atoms in total. The number of anilines is 1. The molecule has 2 aromatic carbocycles. The molecular weight excluding hydrogens is 343 g/mol. The number of urea groups is 1. The van der Waals surface area contributed by atoms with E-state index in [0.29, 0.717) is 13.1 Å². The third kappa shape index (κ3) is 4.76. The van der Waals surface area contributed by atoms with Crippen LogP contribution in [0.4, 0.5) is 23.7 Å². The number of alkyl halides is 3. The average Bonchev–Trinajstić information content (AvgIpc) is 2.63. The minimum absolute atomic E-state index is 0.150. The van der Waals surface area contributed by atoms with Crippen LogP contribution in [0, 0.1) is 0 Å². The zero-order valence-electron chi connectivity index (χ0n) is 14.2. The molecule has 7 heteroatoms. The molecule has 0 saturated carbocycles. The molecule has 0 aliphatic carbocycles. The Bertz CT molecular complexity index is 741. The number of carbonyl (C=O) groups excluding carboxylic acids is 1. The van der Waals surface area contributed by atoms with Crippen molar-refractivity contribution in [1.82, 2.24) is 9.80 Å². The first-order chi connectivity index (χ1) is 12.4. The SMILES string of the molecule is O=C(Nc1cccc(C(F)(F)F)c1)N1CCN(Cc2ccccc2)CC1. The van der Waals surface area contributed by atoms with Crippen LogP contribution in [0.2, 0.25) is 0 Å². The van der Waals surface area contributed by atoms with E-state index in [0.717, 1.165) is 31.8 Å². The summed E-state index contributed by atoms with van der Waals surface area (Å²) in [6, 6.07) is 14.4. The smallest absolute Gasteiger partial charge is 0.322 e. The summed E-state index contributed by atoms with van der Waals surface area (Å²) in [7, 11) is 0. The molecular formula is C19H20F3N3O. The normalized spacial score (nSPS) is 15.7. The summed E-state index contributed by atoms with van der Waals surface area (Å²) in [5, 5.41) is 2.56. The Kier molecular flexibility index (Phi) is 5.46. The predicted molar refractivity (Wildman–Crippen MR) is 93.8 cm³/mol. The maximum absolute atomic E-state index is 12.8. The van der Waals surface area contributed by atoms with Gasteiger partial charge in [0, 0.05) is 38.4 Å². The van der Waals surface area contributed by atoms with E-state index < -0.39 is 11.7 Å². The van der Waals surface area contributed by atoms with Crippen molar-refractivity contribution in [3.8, 4) is 0 Å². The summed E-state index contributed by atoms with van der Waals surface area (Å²) in [6.45, 7) is 3.36. The summed E-state index contributed by atoms with van der Waals surface area (Å²) < 4.78 is 38.3. The van der Waals surface area contributed by atoms with Crippen LogP contribution in [0.1, 0.15) is 11.1 Å². The number of nitrogens with zero attached hydrogens (tertiary/aromatic N) is 2. The van der Waals surface area contributed by atoms with E-state index in [1.807, 2.05) is 18.2 Å². The number of nitrogens with one attached hydrogen (secondary N) is 1. The number of hydrogen-bond acceptors (Lipinski definition) is 2. The van der Waals surface area contributed by atoms with Crippen molar-refractivity contribution in [3.05, 3.63) is 65.7 Å². The lowest BCUT2D eigenvalue weighted by molar-refractivity contribution is -0.137. The summed E-state index contributed by atoms with van der Waals surface area (Å²) in [4.78, 5) is 16.2. The molecule has 1 aliphatic rings. The maximum Gasteiger partial charge on any atom is 0.416 e. The van der Waals surface area contributed by atoms with E-state index in [-0.39, 0.29) is 11.7 Å². The zero-order chi connectivity index (χ0) is 18.6. The van der Waals surface area contributed by atoms with Crippen LogP contribution in [-0.4, -0.2) is 42.0 Å². The van der Waals surface area contributed by atoms with Gasteiger partial charge < -0.3 is 10.2 Å². The first-order valence-corrected chi connectivity index (χ1v) is 8.41. The minimum Gasteiger partial charge on any atom is -0.322 e. The fourth-order valence-corrected chi connectivity index (χ4v) is 2.93. The van der Waals surface area contributed by atoms with Gasteiger partial charge in [-0.3, -0.25) is 4.90 Å². The molecule has 0 spiro atoms. The van der Waals surface area contributed by atoms with E-state index >= 15 is 0 Å². The first kappa shape index (κ1) is 18.3. The zero-order valence-corrected chi connectivity index (χ0v) is 14.2. The third-order valence-corrected chi connectivity index (χ3v) is 4.35. The van der Waals surface area contributed by atoms with E-state index in [2.05, 4.69) is 22.3 Å². The van der Waals surface area contributed by atoms with Gasteiger partial charge in [0.1, 0.15) is 0 Å². The summed E-state index contributed by atoms with van der Waals surface area (Å²) in [6.07, 6.45) is -4.43. The number of hydrogen-bond donors (Lipinski definition) is 1. The Morgan fingerprint density at radius 2 is 1.65 bits per heavy atom. The van der Waals surface area contributed by atoms with Gasteiger partial charge in [-0.05, 0) is 23.8 Å². The molecule has 0 radical (unpaired) electrons. The number of halogens is 3. The van der Waals surface area contributed by atoms with Crippen LogP contribution < -0.4 is 5.32 Å². The largest absolute Gasteiger partial charge is 0.416 e. The highest BCUT2D eigenvalue weighted by Gasteiger charge is 2.30. The van der Waals surface area contributed by atoms with Gasteiger partial charge >= 0.3 is 12.2 Å². The predicted octanol–water partition coefficient (Wildman–Crippen LogP) is 4.06. The molecule has 1 heterocycles. The van der Waals surface area contributed by atoms with Crippen molar-refractivity contribution >= 4 is 11.7 Å². The Hall–Kier alpha value is -2.54. The van der Waals surface area contributed by atoms with Crippen molar-refractivity contribution in [1.29, 1.82) is 0 Å². The minimum atomic E-state index is -4.43. The van der Waals surface area contributed by atoms with Crippen molar-refractivity contribution in [2.24, 2.45) is 0 Å². The number of benzene rings is 2. The maximum atomic E-state index is 12.8. The van der Waals surface area contributed by atoms with Crippen LogP contribution >= 0.6 is 0 Å². The number of carbonyl (C=O) groups is 1. The highest BCUT2D eigenvalue weighted by Crippen LogP contribution is 2.30. The van der Waals surface area contributed by atoms with Crippen molar-refractivity contribution < 1.29 is 18.0 Å². The lowest BCUT2D eigenvalue weighted by Crippen LogP contribution is -2.49. The fraction of sp³-hybridized carbons (Fsp3) is 0.316. The molecule has 0 aromatic heterocycles. The van der Waals surface area contributed by atoms with E-state index in [4.69, 9.17) is 0 Å². The third-order valence-electron chi connectivity index (χ3n) is 4.35. The second kappa shape index (κ2) is 7.78. The van der Waals surface area contributed by atoms with E-state index in [9.17, 15) is 18.0 Å². The Morgan fingerprint density at radius 3 is 2.31 bits per heavy atom. The monoisotopic (exact) mass is 363 g/mol. The highest BCUT2D eigenvalue weighted by atomic mass is 19.4. The Labute approximate surface area is 150 Å². The molecule has 3 rings (SSSR count). The van der Waals surface area contributed by atoms with Gasteiger partial charge in [0.15, 0.2) is 0 Å². The second-order valence-electron chi connectivity index (χ2n) is 6.26. The Morgan fingerprint density at radius 1 is 0.962 bits per heavy atom. The van der Waals surface area contributed by atoms with Gasteiger partial charge in [-0.2, -0.15) is 13.2 Å². The quantitative estimate of drug-likeness (QED) is 0.893. The van der Waals surface area contributed by atoms with Crippen LogP contribution in [0.25, 0.3) is 0 Å². The van der Waals surface area contributed by atoms with Crippen molar-refractivity contribution in [2.45, 2.75) is 12.7 Å². The second-order valence-corrected chi connectivity index (χ2v) is 6.26. The molecule has 138 valence electrons. The average molecular weight is 363 g/mol. The molecule has 2 aromatic rings. The molecule has 1 N–H and O–H groups in total. The molecule has 0 bridgehead atoms. The Balaban J connectivity index is 1.52. The number of piperazine rings is 1. The van der Waals surface area contributed by atoms with E-state index in [1.54, 1.807) is 4.90 Å². The fourth-order valence-electron chi connectivity index (χ4n) is 2.93. The molecule has 2 amide bonds. The topological polar surface area (TPSA) is 35.6 Å². The van der Waals surface area contributed by atoms with Gasteiger partial charge in [0.2, 0.25) is 0 Å². The highest BCUT2D eigenvalue weighted by molar-refractivity contribution is 5.89. The lowest BCUT2D eigenvalue weighted by atomic mass is 10.2. The van der Waals surface area contributed by atoms with Crippen molar-refractivity contribution in [3.63, 3.8) is 0 Å². The van der Waals surface area contributed by atoms with Crippen LogP contribution in [0.15, 0.2) is 54.6 Å². The molecule has 26 heavy (non-hydrogen) atoms. The molecule has 1 saturated heterocycles. The number of rotatable bonds is 3. The number of amides is 2. The van der Waals surface area contributed by atoms with Crippen LogP contribution in [0.3, 0.4) is 0 Å². The standard InChI is InChI=1S/C19H20F3N3O/c20-19(21,22)16-7-4-8-17(13-16)23-18(26)25-11-9-24(10-12-25)14-15-5-2-1-3-6-15/h1-8,13H,9-12,14H2,(H,23,26). The summed E-state index contributed by atoms with van der Waals surface area (Å²) in [5.41, 5.74) is 0.592. The van der Waals surface area contributed by atoms with Crippen molar-refractivity contribution in [2.75, 3.05) is 31.5 Å². The van der Waals surface area contributed by atoms with E-state index in [1.165, 1.54) is 17.7 Å². The first-order valence-electron chi connectivity index (χ1n) is 8.41. The van der Waals surface area contributed by atoms with Gasteiger partial charge in [0.05, 0.1) is 5.56 Å². The van der Waals surface area contributed by atoms with Crippen LogP contribution in [-0.2, 0) is 12.7 Å². The van der Waals surface area contributed by atoms with Gasteiger partial charge in [-0.25, -0.2) is 4.79 Å². The van der Waals surface area contributed by atoms with Gasteiger partial charge in [-0.1, -0.05) is 36.4 Å². The molecule has 1 fully saturated rings. The molecule has 0 unspecified atom stereocenters. The van der Waals surface area contributed by atoms with Crippen LogP contribution in [0.5, 0.6) is 0 Å². The summed E-state index contributed by atoms with van der Waals surface area (Å²) >= 11 is 0. The summed E-state index contributed by atoms with van der Waals surface area (Å²) in [5.74, 6) is 0. The van der Waals surface area contributed by atoms with Gasteiger partial charge in [-0.15, -0.1) is 0 Å². The lowest BCUT2D eigenvalue weighted by Gasteiger charge is -2.34. The molecule has 1 aliphatic heterocycles.